The number of nitrogens with two attached hydrogens (primary N) is 1. The minimum absolute atomic E-state index is 0.166. The molecule has 2 rings (SSSR count). The van der Waals surface area contributed by atoms with Gasteiger partial charge in [-0.1, -0.05) is 12.1 Å². The average molecular weight is 288 g/mol. The normalized spacial score (nSPS) is 10.2. The van der Waals surface area contributed by atoms with Crippen LogP contribution in [0.4, 0.5) is 15.8 Å². The number of hydrogen-bond donors (Lipinski definition) is 2. The summed E-state index contributed by atoms with van der Waals surface area (Å²) in [4.78, 5) is 11.8. The van der Waals surface area contributed by atoms with Gasteiger partial charge in [0.1, 0.15) is 11.6 Å². The Morgan fingerprint density at radius 3 is 2.81 bits per heavy atom. The smallest absolute Gasteiger partial charge is 0.262 e. The maximum Gasteiger partial charge on any atom is 0.262 e. The van der Waals surface area contributed by atoms with Crippen LogP contribution in [0, 0.1) is 19.7 Å². The number of hydrogen-bond acceptors (Lipinski definition) is 3. The second kappa shape index (κ2) is 6.26. The summed E-state index contributed by atoms with van der Waals surface area (Å²) >= 11 is 0. The minimum Gasteiger partial charge on any atom is -0.483 e. The molecule has 0 spiro atoms. The second-order valence-corrected chi connectivity index (χ2v) is 4.77. The summed E-state index contributed by atoms with van der Waals surface area (Å²) in [6.45, 7) is 3.73. The van der Waals surface area contributed by atoms with Gasteiger partial charge in [0.05, 0.1) is 11.4 Å². The molecule has 0 bridgehead atoms. The Morgan fingerprint density at radius 1 is 1.29 bits per heavy atom. The van der Waals surface area contributed by atoms with Gasteiger partial charge >= 0.3 is 0 Å². The molecule has 0 saturated heterocycles. The van der Waals surface area contributed by atoms with E-state index in [0.29, 0.717) is 11.4 Å². The Hall–Kier alpha value is -2.56. The minimum atomic E-state index is -0.463. The van der Waals surface area contributed by atoms with E-state index in [1.54, 1.807) is 6.07 Å². The first kappa shape index (κ1) is 14.8. The number of benzene rings is 2. The highest BCUT2D eigenvalue weighted by Crippen LogP contribution is 2.21. The third kappa shape index (κ3) is 3.72. The van der Waals surface area contributed by atoms with E-state index >= 15 is 0 Å². The Kier molecular flexibility index (Phi) is 4.42. The first-order valence-electron chi connectivity index (χ1n) is 6.51. The van der Waals surface area contributed by atoms with Gasteiger partial charge in [-0.2, -0.15) is 0 Å². The molecule has 1 amide bonds. The standard InChI is InChI=1S/C16H17FN2O2/c1-10-4-3-5-15(11(10)2)21-9-16(20)19-14-8-12(17)6-7-13(14)18/h3-8H,9,18H2,1-2H3,(H,19,20). The van der Waals surface area contributed by atoms with E-state index in [9.17, 15) is 9.18 Å². The molecule has 0 aliphatic carbocycles. The van der Waals surface area contributed by atoms with Gasteiger partial charge in [0.25, 0.3) is 5.91 Å². The molecule has 2 aromatic rings. The van der Waals surface area contributed by atoms with Gasteiger partial charge in [-0.25, -0.2) is 4.39 Å². The second-order valence-electron chi connectivity index (χ2n) is 4.77. The van der Waals surface area contributed by atoms with Crippen LogP contribution >= 0.6 is 0 Å². The number of anilines is 2. The summed E-state index contributed by atoms with van der Waals surface area (Å²) in [5.74, 6) is -0.208. The van der Waals surface area contributed by atoms with Crippen molar-refractivity contribution in [3.63, 3.8) is 0 Å². The summed E-state index contributed by atoms with van der Waals surface area (Å²) in [5, 5.41) is 2.53. The van der Waals surface area contributed by atoms with Crippen molar-refractivity contribution in [3.8, 4) is 5.75 Å². The molecular weight excluding hydrogens is 271 g/mol. The van der Waals surface area contributed by atoms with Crippen LogP contribution in [0.2, 0.25) is 0 Å². The van der Waals surface area contributed by atoms with Crippen molar-refractivity contribution in [2.24, 2.45) is 0 Å². The van der Waals surface area contributed by atoms with E-state index in [4.69, 9.17) is 10.5 Å². The van der Waals surface area contributed by atoms with Crippen LogP contribution in [-0.2, 0) is 4.79 Å². The van der Waals surface area contributed by atoms with E-state index in [2.05, 4.69) is 5.32 Å². The van der Waals surface area contributed by atoms with Crippen molar-refractivity contribution < 1.29 is 13.9 Å². The number of rotatable bonds is 4. The Balaban J connectivity index is 1.99. The zero-order valence-electron chi connectivity index (χ0n) is 11.9. The van der Waals surface area contributed by atoms with Crippen molar-refractivity contribution in [2.75, 3.05) is 17.7 Å². The highest BCUT2D eigenvalue weighted by atomic mass is 19.1. The molecule has 0 heterocycles. The molecule has 0 saturated carbocycles. The van der Waals surface area contributed by atoms with Crippen molar-refractivity contribution in [1.82, 2.24) is 0 Å². The van der Waals surface area contributed by atoms with Crippen molar-refractivity contribution in [2.45, 2.75) is 13.8 Å². The topological polar surface area (TPSA) is 64.3 Å². The third-order valence-electron chi connectivity index (χ3n) is 3.20. The number of carbonyl (C=O) groups is 1. The number of carbonyl (C=O) groups excluding carboxylic acids is 1. The SMILES string of the molecule is Cc1cccc(OCC(=O)Nc2cc(F)ccc2N)c1C. The summed E-state index contributed by atoms with van der Waals surface area (Å²) in [6.07, 6.45) is 0. The molecule has 0 fully saturated rings. The number of nitrogen functional groups attached to an aromatic ring is 1. The van der Waals surface area contributed by atoms with Crippen molar-refractivity contribution in [3.05, 3.63) is 53.3 Å². The van der Waals surface area contributed by atoms with E-state index in [-0.39, 0.29) is 12.3 Å². The van der Waals surface area contributed by atoms with Crippen LogP contribution in [0.5, 0.6) is 5.75 Å². The molecule has 110 valence electrons. The largest absolute Gasteiger partial charge is 0.483 e. The first-order chi connectivity index (χ1) is 9.97. The molecule has 0 aliphatic rings. The molecule has 4 nitrogen and oxygen atoms in total. The van der Waals surface area contributed by atoms with Crippen LogP contribution in [-0.4, -0.2) is 12.5 Å². The fourth-order valence-electron chi connectivity index (χ4n) is 1.85. The zero-order valence-corrected chi connectivity index (χ0v) is 11.9. The van der Waals surface area contributed by atoms with Crippen molar-refractivity contribution in [1.29, 1.82) is 0 Å². The molecule has 0 unspecified atom stereocenters. The van der Waals surface area contributed by atoms with Gasteiger partial charge in [0.2, 0.25) is 0 Å². The lowest BCUT2D eigenvalue weighted by atomic mass is 10.1. The lowest BCUT2D eigenvalue weighted by molar-refractivity contribution is -0.118. The summed E-state index contributed by atoms with van der Waals surface area (Å²) in [6, 6.07) is 9.43. The highest BCUT2D eigenvalue weighted by molar-refractivity contribution is 5.94. The lowest BCUT2D eigenvalue weighted by Crippen LogP contribution is -2.21. The molecule has 2 aromatic carbocycles. The predicted octanol–water partition coefficient (Wildman–Crippen LogP) is 3.04. The van der Waals surface area contributed by atoms with Gasteiger partial charge in [0.15, 0.2) is 6.61 Å². The Bertz CT molecular complexity index is 671. The molecule has 0 radical (unpaired) electrons. The summed E-state index contributed by atoms with van der Waals surface area (Å²) < 4.78 is 18.6. The van der Waals surface area contributed by atoms with Crippen LogP contribution in [0.1, 0.15) is 11.1 Å². The highest BCUT2D eigenvalue weighted by Gasteiger charge is 2.09. The molecule has 21 heavy (non-hydrogen) atoms. The number of nitrogens with one attached hydrogen (secondary N) is 1. The number of ether oxygens (including phenoxy) is 1. The van der Waals surface area contributed by atoms with E-state index in [0.717, 1.165) is 11.1 Å². The molecule has 0 aromatic heterocycles. The average Bonchev–Trinajstić information content (AvgIpc) is 2.44. The van der Waals surface area contributed by atoms with Crippen LogP contribution in [0.3, 0.4) is 0 Å². The maximum absolute atomic E-state index is 13.1. The fourth-order valence-corrected chi connectivity index (χ4v) is 1.85. The van der Waals surface area contributed by atoms with Crippen molar-refractivity contribution >= 4 is 17.3 Å². The molecule has 5 heteroatoms. The van der Waals surface area contributed by atoms with Crippen LogP contribution < -0.4 is 15.8 Å². The maximum atomic E-state index is 13.1. The van der Waals surface area contributed by atoms with Crippen LogP contribution in [0.15, 0.2) is 36.4 Å². The summed E-state index contributed by atoms with van der Waals surface area (Å²) in [5.41, 5.74) is 8.28. The zero-order chi connectivity index (χ0) is 15.4. The Morgan fingerprint density at radius 2 is 2.05 bits per heavy atom. The van der Waals surface area contributed by atoms with Gasteiger partial charge in [0, 0.05) is 0 Å². The Labute approximate surface area is 122 Å². The quantitative estimate of drug-likeness (QED) is 0.850. The van der Waals surface area contributed by atoms with E-state index in [1.165, 1.54) is 18.2 Å². The van der Waals surface area contributed by atoms with E-state index < -0.39 is 11.7 Å². The van der Waals surface area contributed by atoms with Gasteiger partial charge in [-0.3, -0.25) is 4.79 Å². The predicted molar refractivity (Wildman–Crippen MR) is 80.9 cm³/mol. The molecular formula is C16H17FN2O2. The lowest BCUT2D eigenvalue weighted by Gasteiger charge is -2.12. The van der Waals surface area contributed by atoms with Gasteiger partial charge in [-0.05, 0) is 49.2 Å². The first-order valence-corrected chi connectivity index (χ1v) is 6.51. The number of halogens is 1. The van der Waals surface area contributed by atoms with E-state index in [1.807, 2.05) is 26.0 Å². The molecule has 0 atom stereocenters. The fraction of sp³-hybridized carbons (Fsp3) is 0.188. The molecule has 0 aliphatic heterocycles. The van der Waals surface area contributed by atoms with Gasteiger partial charge < -0.3 is 15.8 Å². The van der Waals surface area contributed by atoms with Gasteiger partial charge in [-0.15, -0.1) is 0 Å². The summed E-state index contributed by atoms with van der Waals surface area (Å²) in [7, 11) is 0. The monoisotopic (exact) mass is 288 g/mol. The third-order valence-corrected chi connectivity index (χ3v) is 3.20. The number of aryl methyl sites for hydroxylation is 1. The number of amides is 1. The molecule has 3 N–H and O–H groups in total. The van der Waals surface area contributed by atoms with Crippen LogP contribution in [0.25, 0.3) is 0 Å².